The molecular weight excluding hydrogens is 302 g/mol. The van der Waals surface area contributed by atoms with E-state index in [1.807, 2.05) is 61.5 Å². The molecule has 3 rings (SSSR count). The summed E-state index contributed by atoms with van der Waals surface area (Å²) >= 11 is 0. The smallest absolute Gasteiger partial charge is 0.248 e. The number of fused-ring (bicyclic) bond motifs is 1. The molecule has 4 heteroatoms. The third kappa shape index (κ3) is 3.84. The maximum absolute atomic E-state index is 12.1. The number of hydrogen-bond donors (Lipinski definition) is 1. The number of rotatable bonds is 5. The molecule has 0 atom stereocenters. The fourth-order valence-electron chi connectivity index (χ4n) is 2.44. The molecule has 0 spiro atoms. The summed E-state index contributed by atoms with van der Waals surface area (Å²) < 4.78 is 11.2. The van der Waals surface area contributed by atoms with Crippen LogP contribution >= 0.6 is 0 Å². The minimum atomic E-state index is -0.207. The molecule has 1 amide bonds. The summed E-state index contributed by atoms with van der Waals surface area (Å²) in [7, 11) is 0. The summed E-state index contributed by atoms with van der Waals surface area (Å²) in [5.41, 5.74) is 2.63. The van der Waals surface area contributed by atoms with Crippen LogP contribution in [-0.2, 0) is 4.79 Å². The molecule has 0 radical (unpaired) electrons. The van der Waals surface area contributed by atoms with E-state index in [1.54, 1.807) is 6.08 Å². The molecule has 4 nitrogen and oxygen atoms in total. The highest BCUT2D eigenvalue weighted by Gasteiger charge is 2.09. The second-order valence-electron chi connectivity index (χ2n) is 5.30. The minimum absolute atomic E-state index is 0.207. The van der Waals surface area contributed by atoms with Crippen molar-refractivity contribution < 1.29 is 14.3 Å². The number of anilines is 1. The first-order valence-corrected chi connectivity index (χ1v) is 7.89. The van der Waals surface area contributed by atoms with E-state index in [-0.39, 0.29) is 5.91 Å². The lowest BCUT2D eigenvalue weighted by Gasteiger charge is -2.15. The van der Waals surface area contributed by atoms with Crippen LogP contribution in [0.4, 0.5) is 5.69 Å². The molecule has 1 heterocycles. The molecule has 0 bridgehead atoms. The van der Waals surface area contributed by atoms with Crippen LogP contribution in [0.15, 0.2) is 66.3 Å². The number of carbonyl (C=O) groups is 1. The number of para-hydroxylation sites is 3. The van der Waals surface area contributed by atoms with Gasteiger partial charge in [0.25, 0.3) is 0 Å². The summed E-state index contributed by atoms with van der Waals surface area (Å²) in [6.07, 6.45) is 5.30. The molecule has 1 aliphatic rings. The minimum Gasteiger partial charge on any atom is -0.492 e. The average Bonchev–Trinajstić information content (AvgIpc) is 2.62. The van der Waals surface area contributed by atoms with Crippen LogP contribution in [0, 0.1) is 0 Å². The molecule has 0 unspecified atom stereocenters. The number of amides is 1. The first kappa shape index (κ1) is 15.9. The van der Waals surface area contributed by atoms with Gasteiger partial charge >= 0.3 is 0 Å². The number of ether oxygens (including phenoxy) is 2. The summed E-state index contributed by atoms with van der Waals surface area (Å²) in [5, 5.41) is 2.84. The number of nitrogens with one attached hydrogen (secondary N) is 1. The van der Waals surface area contributed by atoms with Gasteiger partial charge in [-0.15, -0.1) is 0 Å². The van der Waals surface area contributed by atoms with Gasteiger partial charge in [-0.25, -0.2) is 0 Å². The molecular formula is C20H19NO3. The van der Waals surface area contributed by atoms with Gasteiger partial charge in [0.2, 0.25) is 5.91 Å². The number of carbonyl (C=O) groups excluding carboxylic acids is 1. The predicted octanol–water partition coefficient (Wildman–Crippen LogP) is 4.06. The Labute approximate surface area is 141 Å². The van der Waals surface area contributed by atoms with Crippen LogP contribution in [0.25, 0.3) is 6.08 Å². The van der Waals surface area contributed by atoms with Crippen LogP contribution < -0.4 is 14.8 Å². The average molecular weight is 321 g/mol. The van der Waals surface area contributed by atoms with Crippen molar-refractivity contribution in [3.8, 4) is 11.5 Å². The van der Waals surface area contributed by atoms with Crippen molar-refractivity contribution in [2.75, 3.05) is 18.5 Å². The van der Waals surface area contributed by atoms with E-state index in [0.717, 1.165) is 16.9 Å². The Hall–Kier alpha value is -3.01. The van der Waals surface area contributed by atoms with Crippen molar-refractivity contribution in [2.45, 2.75) is 6.92 Å². The second kappa shape index (κ2) is 7.51. The summed E-state index contributed by atoms with van der Waals surface area (Å²) in [6, 6.07) is 15.2. The van der Waals surface area contributed by atoms with Crippen LogP contribution in [0.3, 0.4) is 0 Å². The van der Waals surface area contributed by atoms with Crippen molar-refractivity contribution in [2.24, 2.45) is 0 Å². The molecule has 0 saturated carbocycles. The predicted molar refractivity (Wildman–Crippen MR) is 95.3 cm³/mol. The SMILES string of the molecule is CCOc1ccccc1NC(=O)C=CC1=Cc2ccccc2OC1. The Bertz CT molecular complexity index is 793. The van der Waals surface area contributed by atoms with Gasteiger partial charge in [0.05, 0.1) is 12.3 Å². The lowest BCUT2D eigenvalue weighted by Crippen LogP contribution is -2.10. The zero-order valence-corrected chi connectivity index (χ0v) is 13.5. The summed E-state index contributed by atoms with van der Waals surface area (Å²) in [5.74, 6) is 1.32. The first-order valence-electron chi connectivity index (χ1n) is 7.89. The van der Waals surface area contributed by atoms with Gasteiger partial charge in [-0.3, -0.25) is 4.79 Å². The molecule has 0 saturated heterocycles. The molecule has 24 heavy (non-hydrogen) atoms. The van der Waals surface area contributed by atoms with E-state index in [0.29, 0.717) is 24.7 Å². The van der Waals surface area contributed by atoms with Gasteiger partial charge in [0, 0.05) is 11.6 Å². The van der Waals surface area contributed by atoms with Crippen LogP contribution in [-0.4, -0.2) is 19.1 Å². The van der Waals surface area contributed by atoms with Gasteiger partial charge in [-0.05, 0) is 36.8 Å². The van der Waals surface area contributed by atoms with Crippen molar-refractivity contribution in [3.05, 3.63) is 71.8 Å². The number of benzene rings is 2. The van der Waals surface area contributed by atoms with Crippen molar-refractivity contribution in [3.63, 3.8) is 0 Å². The molecule has 2 aromatic rings. The Morgan fingerprint density at radius 1 is 1.21 bits per heavy atom. The lowest BCUT2D eigenvalue weighted by molar-refractivity contribution is -0.111. The van der Waals surface area contributed by atoms with Crippen LogP contribution in [0.1, 0.15) is 12.5 Å². The van der Waals surface area contributed by atoms with Crippen molar-refractivity contribution >= 4 is 17.7 Å². The highest BCUT2D eigenvalue weighted by atomic mass is 16.5. The Morgan fingerprint density at radius 3 is 2.88 bits per heavy atom. The van der Waals surface area contributed by atoms with E-state index < -0.39 is 0 Å². The monoisotopic (exact) mass is 321 g/mol. The van der Waals surface area contributed by atoms with Crippen molar-refractivity contribution in [1.29, 1.82) is 0 Å². The highest BCUT2D eigenvalue weighted by Crippen LogP contribution is 2.26. The lowest BCUT2D eigenvalue weighted by atomic mass is 10.1. The van der Waals surface area contributed by atoms with E-state index >= 15 is 0 Å². The van der Waals surface area contributed by atoms with Crippen LogP contribution in [0.2, 0.25) is 0 Å². The molecule has 0 aromatic heterocycles. The van der Waals surface area contributed by atoms with Gasteiger partial charge in [0.15, 0.2) is 0 Å². The Balaban J connectivity index is 1.68. The molecule has 122 valence electrons. The van der Waals surface area contributed by atoms with Crippen LogP contribution in [0.5, 0.6) is 11.5 Å². The molecule has 1 aliphatic heterocycles. The third-order valence-corrected chi connectivity index (χ3v) is 3.55. The summed E-state index contributed by atoms with van der Waals surface area (Å²) in [6.45, 7) is 2.91. The van der Waals surface area contributed by atoms with Gasteiger partial charge in [0.1, 0.15) is 18.1 Å². The van der Waals surface area contributed by atoms with Gasteiger partial charge in [-0.1, -0.05) is 36.4 Å². The fraction of sp³-hybridized carbons (Fsp3) is 0.150. The molecule has 2 aromatic carbocycles. The third-order valence-electron chi connectivity index (χ3n) is 3.55. The maximum Gasteiger partial charge on any atom is 0.248 e. The highest BCUT2D eigenvalue weighted by molar-refractivity contribution is 6.00. The van der Waals surface area contributed by atoms with E-state index in [2.05, 4.69) is 5.32 Å². The standard InChI is InChI=1S/C20H19NO3/c1-2-23-19-10-6-4-8-17(19)21-20(22)12-11-15-13-16-7-3-5-9-18(16)24-14-15/h3-13H,2,14H2,1H3,(H,21,22). The maximum atomic E-state index is 12.1. The number of hydrogen-bond acceptors (Lipinski definition) is 3. The van der Waals surface area contributed by atoms with E-state index in [9.17, 15) is 4.79 Å². The topological polar surface area (TPSA) is 47.6 Å². The first-order chi connectivity index (χ1) is 11.8. The van der Waals surface area contributed by atoms with Gasteiger partial charge in [-0.2, -0.15) is 0 Å². The largest absolute Gasteiger partial charge is 0.492 e. The van der Waals surface area contributed by atoms with E-state index in [4.69, 9.17) is 9.47 Å². The zero-order chi connectivity index (χ0) is 16.8. The van der Waals surface area contributed by atoms with Gasteiger partial charge < -0.3 is 14.8 Å². The fourth-order valence-corrected chi connectivity index (χ4v) is 2.44. The molecule has 0 aliphatic carbocycles. The second-order valence-corrected chi connectivity index (χ2v) is 5.30. The zero-order valence-electron chi connectivity index (χ0n) is 13.5. The normalized spacial score (nSPS) is 13.0. The quantitative estimate of drug-likeness (QED) is 0.845. The van der Waals surface area contributed by atoms with Crippen molar-refractivity contribution in [1.82, 2.24) is 0 Å². The Kier molecular flexibility index (Phi) is 4.96. The summed E-state index contributed by atoms with van der Waals surface area (Å²) in [4.78, 5) is 12.1. The van der Waals surface area contributed by atoms with E-state index in [1.165, 1.54) is 6.08 Å². The molecule has 0 fully saturated rings. The molecule has 1 N–H and O–H groups in total. The Morgan fingerprint density at radius 2 is 2.00 bits per heavy atom.